The first-order valence-corrected chi connectivity index (χ1v) is 11.6. The van der Waals surface area contributed by atoms with Gasteiger partial charge < -0.3 is 20.8 Å². The van der Waals surface area contributed by atoms with Crippen LogP contribution in [0.5, 0.6) is 0 Å². The van der Waals surface area contributed by atoms with Crippen molar-refractivity contribution >= 4 is 35.1 Å². The number of aryl methyl sites for hydroxylation is 2. The van der Waals surface area contributed by atoms with Crippen molar-refractivity contribution in [2.45, 2.75) is 13.8 Å². The van der Waals surface area contributed by atoms with Crippen molar-refractivity contribution in [2.24, 2.45) is 0 Å². The molecular formula is C30H24N2O6. The SMILES string of the molecule is Cc1cc(-c2ccc(NC(=O)c3ccccc3C(=O)O)c(C)c2)ccc1NC(=O)c1ccccc1C(=O)O. The van der Waals surface area contributed by atoms with E-state index in [1.54, 1.807) is 36.4 Å². The summed E-state index contributed by atoms with van der Waals surface area (Å²) in [5.41, 5.74) is 4.42. The molecule has 8 heteroatoms. The summed E-state index contributed by atoms with van der Waals surface area (Å²) in [6.45, 7) is 3.67. The topological polar surface area (TPSA) is 133 Å². The molecule has 38 heavy (non-hydrogen) atoms. The smallest absolute Gasteiger partial charge is 0.336 e. The second-order valence-corrected chi connectivity index (χ2v) is 8.67. The fourth-order valence-corrected chi connectivity index (χ4v) is 4.08. The Bertz CT molecular complexity index is 1470. The van der Waals surface area contributed by atoms with Crippen LogP contribution >= 0.6 is 0 Å². The summed E-state index contributed by atoms with van der Waals surface area (Å²) in [5, 5.41) is 24.3. The van der Waals surface area contributed by atoms with Gasteiger partial charge in [0.1, 0.15) is 0 Å². The van der Waals surface area contributed by atoms with E-state index in [1.165, 1.54) is 24.3 Å². The Balaban J connectivity index is 1.52. The van der Waals surface area contributed by atoms with Crippen LogP contribution in [-0.4, -0.2) is 34.0 Å². The summed E-state index contributed by atoms with van der Waals surface area (Å²) in [5.74, 6) is -3.38. The first-order valence-electron chi connectivity index (χ1n) is 11.6. The van der Waals surface area contributed by atoms with E-state index in [9.17, 15) is 29.4 Å². The maximum absolute atomic E-state index is 12.7. The third-order valence-electron chi connectivity index (χ3n) is 6.09. The Morgan fingerprint density at radius 3 is 1.18 bits per heavy atom. The average Bonchev–Trinajstić information content (AvgIpc) is 2.90. The molecule has 0 heterocycles. The minimum atomic E-state index is -1.18. The standard InChI is InChI=1S/C30H24N2O6/c1-17-15-19(11-13-25(17)31-27(33)21-7-3-5-9-23(21)29(35)36)20-12-14-26(18(2)16-20)32-28(34)22-8-4-6-10-24(22)30(37)38/h3-16H,1-2H3,(H,31,33)(H,32,34)(H,35,36)(H,37,38). The normalized spacial score (nSPS) is 10.5. The predicted molar refractivity (Wildman–Crippen MR) is 144 cm³/mol. The van der Waals surface area contributed by atoms with Gasteiger partial charge in [-0.3, -0.25) is 9.59 Å². The van der Waals surface area contributed by atoms with E-state index in [0.717, 1.165) is 22.3 Å². The number of carboxylic acid groups (broad SMARTS) is 2. The number of rotatable bonds is 7. The fraction of sp³-hybridized carbons (Fsp3) is 0.0667. The van der Waals surface area contributed by atoms with Gasteiger partial charge in [0, 0.05) is 11.4 Å². The van der Waals surface area contributed by atoms with Crippen LogP contribution in [0.25, 0.3) is 11.1 Å². The van der Waals surface area contributed by atoms with E-state index in [1.807, 2.05) is 38.1 Å². The molecule has 0 atom stereocenters. The van der Waals surface area contributed by atoms with Gasteiger partial charge >= 0.3 is 11.9 Å². The Hall–Kier alpha value is -5.24. The lowest BCUT2D eigenvalue weighted by atomic mass is 9.99. The molecule has 4 rings (SSSR count). The highest BCUT2D eigenvalue weighted by molar-refractivity contribution is 6.12. The highest BCUT2D eigenvalue weighted by Gasteiger charge is 2.18. The Labute approximate surface area is 218 Å². The number of hydrogen-bond donors (Lipinski definition) is 4. The molecular weight excluding hydrogens is 484 g/mol. The lowest BCUT2D eigenvalue weighted by Crippen LogP contribution is -2.17. The monoisotopic (exact) mass is 508 g/mol. The van der Waals surface area contributed by atoms with Crippen molar-refractivity contribution in [3.8, 4) is 11.1 Å². The molecule has 0 bridgehead atoms. The Morgan fingerprint density at radius 1 is 0.526 bits per heavy atom. The summed E-state index contributed by atoms with van der Waals surface area (Å²) >= 11 is 0. The van der Waals surface area contributed by atoms with Crippen LogP contribution < -0.4 is 10.6 Å². The lowest BCUT2D eigenvalue weighted by Gasteiger charge is -2.14. The Kier molecular flexibility index (Phi) is 7.34. The average molecular weight is 509 g/mol. The lowest BCUT2D eigenvalue weighted by molar-refractivity contribution is 0.0683. The number of carboxylic acids is 2. The molecule has 0 saturated carbocycles. The number of benzene rings is 4. The first-order chi connectivity index (χ1) is 18.2. The van der Waals surface area contributed by atoms with E-state index in [2.05, 4.69) is 10.6 Å². The van der Waals surface area contributed by atoms with Crippen molar-refractivity contribution in [3.63, 3.8) is 0 Å². The minimum Gasteiger partial charge on any atom is -0.478 e. The van der Waals surface area contributed by atoms with Gasteiger partial charge in [-0.15, -0.1) is 0 Å². The number of carbonyl (C=O) groups is 4. The third kappa shape index (κ3) is 5.44. The fourth-order valence-electron chi connectivity index (χ4n) is 4.08. The van der Waals surface area contributed by atoms with Gasteiger partial charge in [-0.2, -0.15) is 0 Å². The van der Waals surface area contributed by atoms with E-state index in [0.29, 0.717) is 11.4 Å². The van der Waals surface area contributed by atoms with Gasteiger partial charge in [-0.1, -0.05) is 36.4 Å². The molecule has 190 valence electrons. The molecule has 0 aliphatic heterocycles. The molecule has 8 nitrogen and oxygen atoms in total. The molecule has 4 aromatic carbocycles. The van der Waals surface area contributed by atoms with Crippen LogP contribution in [0, 0.1) is 13.8 Å². The summed E-state index contributed by atoms with van der Waals surface area (Å²) in [6, 6.07) is 23.0. The molecule has 0 fully saturated rings. The van der Waals surface area contributed by atoms with Crippen LogP contribution in [0.3, 0.4) is 0 Å². The van der Waals surface area contributed by atoms with Crippen molar-refractivity contribution in [3.05, 3.63) is 118 Å². The zero-order chi connectivity index (χ0) is 27.4. The maximum atomic E-state index is 12.7. The largest absolute Gasteiger partial charge is 0.478 e. The number of anilines is 2. The van der Waals surface area contributed by atoms with Crippen molar-refractivity contribution in [1.82, 2.24) is 0 Å². The van der Waals surface area contributed by atoms with Crippen molar-refractivity contribution in [1.29, 1.82) is 0 Å². The molecule has 0 aliphatic carbocycles. The van der Waals surface area contributed by atoms with Gasteiger partial charge in [-0.25, -0.2) is 9.59 Å². The van der Waals surface area contributed by atoms with Crippen LogP contribution in [0.2, 0.25) is 0 Å². The molecule has 0 spiro atoms. The molecule has 4 N–H and O–H groups in total. The molecule has 0 aromatic heterocycles. The number of aromatic carboxylic acids is 2. The minimum absolute atomic E-state index is 0.0720. The van der Waals surface area contributed by atoms with E-state index in [-0.39, 0.29) is 22.3 Å². The van der Waals surface area contributed by atoms with Gasteiger partial charge in [0.25, 0.3) is 11.8 Å². The zero-order valence-electron chi connectivity index (χ0n) is 20.6. The number of carbonyl (C=O) groups excluding carboxylic acids is 2. The van der Waals surface area contributed by atoms with Crippen LogP contribution in [0.4, 0.5) is 11.4 Å². The molecule has 0 unspecified atom stereocenters. The zero-order valence-corrected chi connectivity index (χ0v) is 20.6. The van der Waals surface area contributed by atoms with E-state index >= 15 is 0 Å². The van der Waals surface area contributed by atoms with E-state index in [4.69, 9.17) is 0 Å². The van der Waals surface area contributed by atoms with E-state index < -0.39 is 23.8 Å². The highest BCUT2D eigenvalue weighted by Crippen LogP contribution is 2.29. The number of hydrogen-bond acceptors (Lipinski definition) is 4. The van der Waals surface area contributed by atoms with Gasteiger partial charge in [0.15, 0.2) is 0 Å². The van der Waals surface area contributed by atoms with Crippen LogP contribution in [-0.2, 0) is 0 Å². The third-order valence-corrected chi connectivity index (χ3v) is 6.09. The number of nitrogens with one attached hydrogen (secondary N) is 2. The second-order valence-electron chi connectivity index (χ2n) is 8.67. The summed E-state index contributed by atoms with van der Waals surface area (Å²) in [7, 11) is 0. The quantitative estimate of drug-likeness (QED) is 0.247. The Morgan fingerprint density at radius 2 is 0.868 bits per heavy atom. The van der Waals surface area contributed by atoms with Crippen LogP contribution in [0.15, 0.2) is 84.9 Å². The molecule has 0 saturated heterocycles. The summed E-state index contributed by atoms with van der Waals surface area (Å²) < 4.78 is 0. The van der Waals surface area contributed by atoms with Gasteiger partial charge in [0.2, 0.25) is 0 Å². The van der Waals surface area contributed by atoms with Crippen molar-refractivity contribution in [2.75, 3.05) is 10.6 Å². The van der Waals surface area contributed by atoms with Crippen molar-refractivity contribution < 1.29 is 29.4 Å². The number of amides is 2. The predicted octanol–water partition coefficient (Wildman–Crippen LogP) is 5.87. The highest BCUT2D eigenvalue weighted by atomic mass is 16.4. The first kappa shape index (κ1) is 25.8. The summed E-state index contributed by atoms with van der Waals surface area (Å²) in [4.78, 5) is 48.4. The molecule has 4 aromatic rings. The van der Waals surface area contributed by atoms with Gasteiger partial charge in [0.05, 0.1) is 22.3 Å². The summed E-state index contributed by atoms with van der Waals surface area (Å²) in [6.07, 6.45) is 0. The molecule has 0 aliphatic rings. The molecule has 2 amide bonds. The van der Waals surface area contributed by atoms with Crippen LogP contribution in [0.1, 0.15) is 52.6 Å². The second kappa shape index (κ2) is 10.8. The maximum Gasteiger partial charge on any atom is 0.336 e. The molecule has 0 radical (unpaired) electrons. The van der Waals surface area contributed by atoms with Gasteiger partial charge in [-0.05, 0) is 84.6 Å².